The Morgan fingerprint density at radius 2 is 1.62 bits per heavy atom. The van der Waals surface area contributed by atoms with E-state index in [9.17, 15) is 18.0 Å². The summed E-state index contributed by atoms with van der Waals surface area (Å²) >= 11 is 0. The van der Waals surface area contributed by atoms with Crippen LogP contribution in [0.1, 0.15) is 66.9 Å². The second-order valence-electron chi connectivity index (χ2n) is 10.8. The molecule has 0 spiro atoms. The second-order valence-corrected chi connectivity index (χ2v) is 12.5. The lowest BCUT2D eigenvalue weighted by molar-refractivity contribution is -0.161. The quantitative estimate of drug-likeness (QED) is 0.176. The van der Waals surface area contributed by atoms with Crippen molar-refractivity contribution in [1.29, 1.82) is 0 Å². The fourth-order valence-electron chi connectivity index (χ4n) is 3.62. The van der Waals surface area contributed by atoms with E-state index in [0.717, 1.165) is 6.42 Å². The molecule has 0 saturated heterocycles. The van der Waals surface area contributed by atoms with E-state index < -0.39 is 40.5 Å². The molecule has 0 aliphatic heterocycles. The molecule has 1 unspecified atom stereocenters. The molecule has 1 atom stereocenters. The Bertz CT molecular complexity index is 962. The van der Waals surface area contributed by atoms with Crippen LogP contribution in [-0.4, -0.2) is 82.6 Å². The predicted molar refractivity (Wildman–Crippen MR) is 153 cm³/mol. The molecule has 0 saturated carbocycles. The lowest BCUT2D eigenvalue weighted by Crippen LogP contribution is -2.52. The fourth-order valence-corrected chi connectivity index (χ4v) is 4.54. The van der Waals surface area contributed by atoms with Crippen LogP contribution in [0.15, 0.2) is 30.3 Å². The number of sulfonamides is 1. The van der Waals surface area contributed by atoms with Crippen molar-refractivity contribution in [3.63, 3.8) is 0 Å². The van der Waals surface area contributed by atoms with E-state index in [1.54, 1.807) is 35.2 Å². The summed E-state index contributed by atoms with van der Waals surface area (Å²) in [6.45, 7) is 14.7. The van der Waals surface area contributed by atoms with E-state index in [1.807, 2.05) is 39.5 Å². The highest BCUT2D eigenvalue weighted by Gasteiger charge is 2.29. The molecule has 11 nitrogen and oxygen atoms in total. The zero-order valence-corrected chi connectivity index (χ0v) is 25.9. The summed E-state index contributed by atoms with van der Waals surface area (Å²) in [7, 11) is -3.83. The van der Waals surface area contributed by atoms with Crippen LogP contribution in [0.3, 0.4) is 0 Å². The van der Waals surface area contributed by atoms with Gasteiger partial charge in [-0.25, -0.2) is 8.42 Å². The van der Waals surface area contributed by atoms with Gasteiger partial charge in [0.25, 0.3) is 0 Å². The number of hydrogen-bond donors (Lipinski definition) is 2. The van der Waals surface area contributed by atoms with E-state index >= 15 is 0 Å². The van der Waals surface area contributed by atoms with Gasteiger partial charge in [0.05, 0.1) is 17.9 Å². The van der Waals surface area contributed by atoms with Gasteiger partial charge in [-0.15, -0.1) is 0 Å². The summed E-state index contributed by atoms with van der Waals surface area (Å²) in [4.78, 5) is 35.1. The minimum atomic E-state index is -3.83. The summed E-state index contributed by atoms with van der Waals surface area (Å²) in [5.74, 6) is -0.901. The van der Waals surface area contributed by atoms with E-state index in [4.69, 9.17) is 19.0 Å². The van der Waals surface area contributed by atoms with Crippen LogP contribution in [0, 0.1) is 5.92 Å². The number of nitrogens with one attached hydrogen (secondary N) is 2. The molecule has 40 heavy (non-hydrogen) atoms. The molecule has 0 aromatic heterocycles. The molecule has 1 rings (SSSR count). The molecule has 230 valence electrons. The smallest absolute Gasteiger partial charge is 0.248 e. The van der Waals surface area contributed by atoms with Crippen molar-refractivity contribution < 1.29 is 37.1 Å². The maximum atomic E-state index is 13.7. The maximum absolute atomic E-state index is 13.7. The summed E-state index contributed by atoms with van der Waals surface area (Å²) in [6, 6.07) is 7.68. The molecule has 0 aliphatic carbocycles. The van der Waals surface area contributed by atoms with Gasteiger partial charge in [0.2, 0.25) is 21.8 Å². The number of nitrogens with zero attached hydrogens (tertiary/aromatic N) is 1. The lowest BCUT2D eigenvalue weighted by Gasteiger charge is -2.32. The van der Waals surface area contributed by atoms with Crippen LogP contribution >= 0.6 is 0 Å². The Hall–Kier alpha value is -2.09. The first-order valence-electron chi connectivity index (χ1n) is 13.9. The van der Waals surface area contributed by atoms with Gasteiger partial charge in [0.1, 0.15) is 12.6 Å². The van der Waals surface area contributed by atoms with Crippen LogP contribution in [-0.2, 0) is 44.4 Å². The first-order valence-corrected chi connectivity index (χ1v) is 15.5. The number of rotatable bonds is 20. The van der Waals surface area contributed by atoms with Gasteiger partial charge in [-0.05, 0) is 58.9 Å². The first kappa shape index (κ1) is 35.9. The summed E-state index contributed by atoms with van der Waals surface area (Å²) in [5.41, 5.74) is 0.149. The van der Waals surface area contributed by atoms with Gasteiger partial charge in [-0.2, -0.15) is 0 Å². The number of ether oxygens (including phenoxy) is 3. The van der Waals surface area contributed by atoms with Crippen LogP contribution in [0.5, 0.6) is 0 Å². The second kappa shape index (κ2) is 18.4. The minimum Gasteiger partial charge on any atom is -0.376 e. The van der Waals surface area contributed by atoms with E-state index in [-0.39, 0.29) is 31.2 Å². The molecule has 0 fully saturated rings. The third-order valence-electron chi connectivity index (χ3n) is 5.53. The van der Waals surface area contributed by atoms with E-state index in [1.165, 1.54) is 0 Å². The van der Waals surface area contributed by atoms with Crippen LogP contribution < -0.4 is 10.2 Å². The number of carbonyl (C=O) groups is 2. The highest BCUT2D eigenvalue weighted by molar-refractivity contribution is 7.88. The average Bonchev–Trinajstić information content (AvgIpc) is 2.85. The molecule has 2 amide bonds. The van der Waals surface area contributed by atoms with Gasteiger partial charge in [0, 0.05) is 26.4 Å². The molecule has 0 radical (unpaired) electrons. The van der Waals surface area contributed by atoms with Crippen molar-refractivity contribution in [2.24, 2.45) is 5.92 Å². The summed E-state index contributed by atoms with van der Waals surface area (Å²) in [6.07, 6.45) is 0.367. The standard InChI is InChI=1S/C28H49N3O8S/c1-8-36-26(37-9-2)19-31(17-15-22(3)4)27(33)24(16-18-38-28(5,6)7)29-25(32)20-39-30-40(34,35)21-23-13-11-10-12-14-23/h10-14,22,24,26,30H,8-9,15-21H2,1-7H3,(H,29,32). The van der Waals surface area contributed by atoms with Crippen molar-refractivity contribution in [3.8, 4) is 0 Å². The topological polar surface area (TPSA) is 132 Å². The van der Waals surface area contributed by atoms with Crippen LogP contribution in [0.4, 0.5) is 0 Å². The third kappa shape index (κ3) is 16.2. The monoisotopic (exact) mass is 587 g/mol. The highest BCUT2D eigenvalue weighted by atomic mass is 32.2. The van der Waals surface area contributed by atoms with E-state index in [2.05, 4.69) is 19.2 Å². The van der Waals surface area contributed by atoms with Crippen LogP contribution in [0.2, 0.25) is 0 Å². The number of benzene rings is 1. The molecule has 0 bridgehead atoms. The van der Waals surface area contributed by atoms with Crippen molar-refractivity contribution >= 4 is 21.8 Å². The number of hydrogen-bond acceptors (Lipinski definition) is 8. The zero-order chi connectivity index (χ0) is 30.2. The third-order valence-corrected chi connectivity index (χ3v) is 6.61. The molecule has 12 heteroatoms. The van der Waals surface area contributed by atoms with Crippen molar-refractivity contribution in [1.82, 2.24) is 15.1 Å². The fraction of sp³-hybridized carbons (Fsp3) is 0.714. The van der Waals surface area contributed by atoms with Crippen LogP contribution in [0.25, 0.3) is 0 Å². The molecular weight excluding hydrogens is 538 g/mol. The number of carbonyl (C=O) groups excluding carboxylic acids is 2. The highest BCUT2D eigenvalue weighted by Crippen LogP contribution is 2.12. The molecular formula is C28H49N3O8S. The largest absolute Gasteiger partial charge is 0.376 e. The Morgan fingerprint density at radius 1 is 1.00 bits per heavy atom. The molecule has 1 aromatic carbocycles. The minimum absolute atomic E-state index is 0.204. The van der Waals surface area contributed by atoms with E-state index in [0.29, 0.717) is 31.2 Å². The summed E-state index contributed by atoms with van der Waals surface area (Å²) < 4.78 is 41.8. The average molecular weight is 588 g/mol. The molecule has 0 heterocycles. The Kier molecular flexibility index (Phi) is 16.5. The normalized spacial score (nSPS) is 13.0. The molecule has 2 N–H and O–H groups in total. The maximum Gasteiger partial charge on any atom is 0.248 e. The van der Waals surface area contributed by atoms with Gasteiger partial charge in [0.15, 0.2) is 6.29 Å². The lowest BCUT2D eigenvalue weighted by atomic mass is 10.1. The zero-order valence-electron chi connectivity index (χ0n) is 25.1. The van der Waals surface area contributed by atoms with Gasteiger partial charge < -0.3 is 24.4 Å². The van der Waals surface area contributed by atoms with Crippen molar-refractivity contribution in [2.45, 2.75) is 85.0 Å². The van der Waals surface area contributed by atoms with Crippen molar-refractivity contribution in [2.75, 3.05) is 39.5 Å². The molecule has 0 aliphatic rings. The Labute approximate surface area is 240 Å². The van der Waals surface area contributed by atoms with Gasteiger partial charge in [-0.3, -0.25) is 14.4 Å². The SMILES string of the molecule is CCOC(CN(CCC(C)C)C(=O)C(CCOC(C)(C)C)NC(=O)CONS(=O)(=O)Cc1ccccc1)OCC. The van der Waals surface area contributed by atoms with Gasteiger partial charge in [-0.1, -0.05) is 49.1 Å². The Balaban J connectivity index is 2.92. The number of amides is 2. The summed E-state index contributed by atoms with van der Waals surface area (Å²) in [5, 5.41) is 2.69. The molecule has 1 aromatic rings. The first-order chi connectivity index (χ1) is 18.8. The van der Waals surface area contributed by atoms with Crippen molar-refractivity contribution in [3.05, 3.63) is 35.9 Å². The Morgan fingerprint density at radius 3 is 2.17 bits per heavy atom. The predicted octanol–water partition coefficient (Wildman–Crippen LogP) is 3.00. The van der Waals surface area contributed by atoms with Gasteiger partial charge >= 0.3 is 0 Å².